The molecule has 1 heterocycles. The summed E-state index contributed by atoms with van der Waals surface area (Å²) in [6.45, 7) is 0. The average molecular weight is 221 g/mol. The SMILES string of the molecule is COc1csc2cc(S)cc(C#N)c12. The summed E-state index contributed by atoms with van der Waals surface area (Å²) in [6, 6.07) is 5.84. The third kappa shape index (κ3) is 1.35. The molecule has 0 spiro atoms. The molecule has 2 aromatic rings. The van der Waals surface area contributed by atoms with E-state index in [0.717, 1.165) is 20.7 Å². The van der Waals surface area contributed by atoms with Crippen molar-refractivity contribution in [3.8, 4) is 11.8 Å². The molecule has 2 nitrogen and oxygen atoms in total. The van der Waals surface area contributed by atoms with E-state index in [1.165, 1.54) is 0 Å². The van der Waals surface area contributed by atoms with Gasteiger partial charge in [-0.05, 0) is 12.1 Å². The Kier molecular flexibility index (Phi) is 2.36. The van der Waals surface area contributed by atoms with Crippen molar-refractivity contribution in [1.82, 2.24) is 0 Å². The van der Waals surface area contributed by atoms with Crippen LogP contribution in [0.4, 0.5) is 0 Å². The summed E-state index contributed by atoms with van der Waals surface area (Å²) in [4.78, 5) is 0.804. The van der Waals surface area contributed by atoms with Crippen molar-refractivity contribution in [2.75, 3.05) is 7.11 Å². The maximum absolute atomic E-state index is 8.96. The first-order valence-corrected chi connectivity index (χ1v) is 5.27. The normalized spacial score (nSPS) is 10.1. The van der Waals surface area contributed by atoms with Gasteiger partial charge in [0.1, 0.15) is 5.75 Å². The van der Waals surface area contributed by atoms with Crippen LogP contribution in [0.3, 0.4) is 0 Å². The van der Waals surface area contributed by atoms with Gasteiger partial charge >= 0.3 is 0 Å². The number of fused-ring (bicyclic) bond motifs is 1. The number of ether oxygens (including phenoxy) is 1. The second kappa shape index (κ2) is 3.52. The lowest BCUT2D eigenvalue weighted by atomic mass is 10.1. The lowest BCUT2D eigenvalue weighted by Crippen LogP contribution is -1.83. The first kappa shape index (κ1) is 9.38. The monoisotopic (exact) mass is 221 g/mol. The fraction of sp³-hybridized carbons (Fsp3) is 0.100. The molecule has 0 unspecified atom stereocenters. The highest BCUT2D eigenvalue weighted by Gasteiger charge is 2.09. The van der Waals surface area contributed by atoms with Gasteiger partial charge < -0.3 is 4.74 Å². The standard InChI is InChI=1S/C10H7NOS2/c1-12-8-5-14-9-3-7(13)2-6(4-11)10(8)9/h2-3,5,13H,1H3. The minimum absolute atomic E-state index is 0.616. The van der Waals surface area contributed by atoms with E-state index < -0.39 is 0 Å². The van der Waals surface area contributed by atoms with E-state index in [0.29, 0.717) is 5.56 Å². The molecule has 0 radical (unpaired) electrons. The topological polar surface area (TPSA) is 33.0 Å². The summed E-state index contributed by atoms with van der Waals surface area (Å²) in [5, 5.41) is 11.8. The molecule has 2 rings (SSSR count). The predicted octanol–water partition coefficient (Wildman–Crippen LogP) is 3.07. The summed E-state index contributed by atoms with van der Waals surface area (Å²) in [6.07, 6.45) is 0. The molecule has 0 fully saturated rings. The van der Waals surface area contributed by atoms with Crippen LogP contribution in [0.5, 0.6) is 5.75 Å². The van der Waals surface area contributed by atoms with Crippen LogP contribution < -0.4 is 4.74 Å². The van der Waals surface area contributed by atoms with E-state index in [1.54, 1.807) is 24.5 Å². The molecule has 0 amide bonds. The highest BCUT2D eigenvalue weighted by molar-refractivity contribution is 7.80. The van der Waals surface area contributed by atoms with Crippen LogP contribution in [0, 0.1) is 11.3 Å². The van der Waals surface area contributed by atoms with Crippen LogP contribution in [0.2, 0.25) is 0 Å². The van der Waals surface area contributed by atoms with Crippen molar-refractivity contribution in [1.29, 1.82) is 5.26 Å². The van der Waals surface area contributed by atoms with Crippen molar-refractivity contribution in [2.45, 2.75) is 4.90 Å². The molecular weight excluding hydrogens is 214 g/mol. The van der Waals surface area contributed by atoms with E-state index in [1.807, 2.05) is 11.4 Å². The Morgan fingerprint density at radius 2 is 2.29 bits per heavy atom. The Balaban J connectivity index is 2.87. The van der Waals surface area contributed by atoms with E-state index in [2.05, 4.69) is 18.7 Å². The molecule has 70 valence electrons. The van der Waals surface area contributed by atoms with E-state index >= 15 is 0 Å². The summed E-state index contributed by atoms with van der Waals surface area (Å²) < 4.78 is 6.22. The quantitative estimate of drug-likeness (QED) is 0.751. The zero-order valence-electron chi connectivity index (χ0n) is 7.44. The smallest absolute Gasteiger partial charge is 0.138 e. The van der Waals surface area contributed by atoms with Gasteiger partial charge in [0, 0.05) is 15.0 Å². The molecule has 14 heavy (non-hydrogen) atoms. The first-order valence-electron chi connectivity index (χ1n) is 3.94. The van der Waals surface area contributed by atoms with Crippen LogP contribution in [0.15, 0.2) is 22.4 Å². The van der Waals surface area contributed by atoms with Gasteiger partial charge in [0.05, 0.1) is 24.1 Å². The Morgan fingerprint density at radius 3 is 2.93 bits per heavy atom. The third-order valence-electron chi connectivity index (χ3n) is 1.97. The number of hydrogen-bond donors (Lipinski definition) is 1. The number of thiophene rings is 1. The van der Waals surface area contributed by atoms with Gasteiger partial charge in [-0.3, -0.25) is 0 Å². The highest BCUT2D eigenvalue weighted by Crippen LogP contribution is 2.36. The second-order valence-electron chi connectivity index (χ2n) is 2.78. The molecule has 0 aliphatic carbocycles. The fourth-order valence-electron chi connectivity index (χ4n) is 1.36. The number of rotatable bonds is 1. The van der Waals surface area contributed by atoms with Gasteiger partial charge in [-0.15, -0.1) is 24.0 Å². The molecule has 0 aliphatic heterocycles. The van der Waals surface area contributed by atoms with E-state index in [-0.39, 0.29) is 0 Å². The largest absolute Gasteiger partial charge is 0.495 e. The van der Waals surface area contributed by atoms with Crippen LogP contribution in [-0.4, -0.2) is 7.11 Å². The Hall–Kier alpha value is -1.18. The third-order valence-corrected chi connectivity index (χ3v) is 3.13. The molecule has 0 bridgehead atoms. The number of methoxy groups -OCH3 is 1. The minimum Gasteiger partial charge on any atom is -0.495 e. The fourth-order valence-corrected chi connectivity index (χ4v) is 2.68. The molecular formula is C10H7NOS2. The number of hydrogen-bond acceptors (Lipinski definition) is 4. The maximum atomic E-state index is 8.96. The molecule has 0 aliphatic rings. The van der Waals surface area contributed by atoms with Gasteiger partial charge in [-0.1, -0.05) is 0 Å². The number of thiol groups is 1. The lowest BCUT2D eigenvalue weighted by molar-refractivity contribution is 0.421. The van der Waals surface area contributed by atoms with Crippen LogP contribution in [-0.2, 0) is 0 Å². The molecule has 1 aromatic carbocycles. The molecule has 0 saturated carbocycles. The molecule has 4 heteroatoms. The van der Waals surface area contributed by atoms with Crippen LogP contribution in [0.25, 0.3) is 10.1 Å². The van der Waals surface area contributed by atoms with Crippen molar-refractivity contribution in [2.24, 2.45) is 0 Å². The van der Waals surface area contributed by atoms with Gasteiger partial charge in [-0.2, -0.15) is 5.26 Å². The lowest BCUT2D eigenvalue weighted by Gasteiger charge is -1.99. The molecule has 0 N–H and O–H groups in total. The van der Waals surface area contributed by atoms with E-state index in [9.17, 15) is 0 Å². The van der Waals surface area contributed by atoms with Crippen LogP contribution >= 0.6 is 24.0 Å². The summed E-state index contributed by atoms with van der Waals surface area (Å²) in [5.41, 5.74) is 0.616. The number of benzene rings is 1. The van der Waals surface area contributed by atoms with Crippen molar-refractivity contribution in [3.63, 3.8) is 0 Å². The zero-order valence-corrected chi connectivity index (χ0v) is 9.15. The second-order valence-corrected chi connectivity index (χ2v) is 4.21. The minimum atomic E-state index is 0.616. The summed E-state index contributed by atoms with van der Waals surface area (Å²) in [7, 11) is 1.61. The Labute approximate surface area is 91.1 Å². The van der Waals surface area contributed by atoms with Crippen molar-refractivity contribution < 1.29 is 4.74 Å². The molecule has 0 saturated heterocycles. The van der Waals surface area contributed by atoms with Gasteiger partial charge in [0.2, 0.25) is 0 Å². The number of nitriles is 1. The number of nitrogens with zero attached hydrogens (tertiary/aromatic N) is 1. The highest BCUT2D eigenvalue weighted by atomic mass is 32.1. The average Bonchev–Trinajstić information content (AvgIpc) is 2.59. The molecule has 0 atom stereocenters. The van der Waals surface area contributed by atoms with Crippen molar-refractivity contribution >= 4 is 34.1 Å². The molecule has 1 aromatic heterocycles. The Bertz CT molecular complexity index is 525. The maximum Gasteiger partial charge on any atom is 0.138 e. The van der Waals surface area contributed by atoms with Crippen molar-refractivity contribution in [3.05, 3.63) is 23.1 Å². The zero-order chi connectivity index (χ0) is 10.1. The summed E-state index contributed by atoms with van der Waals surface area (Å²) in [5.74, 6) is 0.759. The van der Waals surface area contributed by atoms with E-state index in [4.69, 9.17) is 10.00 Å². The summed E-state index contributed by atoms with van der Waals surface area (Å²) >= 11 is 5.79. The Morgan fingerprint density at radius 1 is 1.50 bits per heavy atom. The van der Waals surface area contributed by atoms with Gasteiger partial charge in [-0.25, -0.2) is 0 Å². The van der Waals surface area contributed by atoms with Crippen LogP contribution in [0.1, 0.15) is 5.56 Å². The predicted molar refractivity (Wildman–Crippen MR) is 60.3 cm³/mol. The first-order chi connectivity index (χ1) is 6.76. The van der Waals surface area contributed by atoms with Gasteiger partial charge in [0.25, 0.3) is 0 Å². The van der Waals surface area contributed by atoms with Gasteiger partial charge in [0.15, 0.2) is 0 Å².